The van der Waals surface area contributed by atoms with Gasteiger partial charge in [0.25, 0.3) is 5.56 Å². The van der Waals surface area contributed by atoms with Gasteiger partial charge in [0.2, 0.25) is 0 Å². The van der Waals surface area contributed by atoms with Crippen molar-refractivity contribution in [3.8, 4) is 0 Å². The van der Waals surface area contributed by atoms with Crippen LogP contribution in [0.1, 0.15) is 41.6 Å². The molecule has 0 fully saturated rings. The molecule has 0 saturated carbocycles. The first kappa shape index (κ1) is 16.5. The zero-order valence-corrected chi connectivity index (χ0v) is 15.5. The van der Waals surface area contributed by atoms with Crippen molar-refractivity contribution >= 4 is 39.4 Å². The Kier molecular flexibility index (Phi) is 4.44. The number of aryl methyl sites for hydroxylation is 3. The van der Waals surface area contributed by atoms with Gasteiger partial charge in [-0.25, -0.2) is 4.98 Å². The fourth-order valence-electron chi connectivity index (χ4n) is 3.29. The first-order valence-electron chi connectivity index (χ1n) is 8.54. The van der Waals surface area contributed by atoms with E-state index >= 15 is 0 Å². The van der Waals surface area contributed by atoms with Crippen LogP contribution < -0.4 is 5.56 Å². The van der Waals surface area contributed by atoms with E-state index in [1.807, 2.05) is 31.2 Å². The molecule has 0 saturated heterocycles. The highest BCUT2D eigenvalue weighted by molar-refractivity contribution is 7.18. The van der Waals surface area contributed by atoms with Gasteiger partial charge in [-0.15, -0.1) is 11.3 Å². The van der Waals surface area contributed by atoms with Crippen molar-refractivity contribution in [2.24, 2.45) is 5.10 Å². The number of nitrogens with zero attached hydrogens (tertiary/aromatic N) is 3. The number of rotatable bonds is 3. The van der Waals surface area contributed by atoms with Gasteiger partial charge in [-0.05, 0) is 37.3 Å². The van der Waals surface area contributed by atoms with Crippen LogP contribution >= 0.6 is 22.9 Å². The molecule has 0 atom stereocenters. The molecule has 1 aliphatic rings. The number of hydrogen-bond donors (Lipinski definition) is 0. The molecule has 2 heterocycles. The van der Waals surface area contributed by atoms with Crippen LogP contribution in [-0.4, -0.2) is 15.9 Å². The predicted octanol–water partition coefficient (Wildman–Crippen LogP) is 4.43. The average Bonchev–Trinajstić information content (AvgIpc) is 3.00. The fraction of sp³-hybridized carbons (Fsp3) is 0.316. The Labute approximate surface area is 154 Å². The van der Waals surface area contributed by atoms with E-state index < -0.39 is 0 Å². The Balaban J connectivity index is 1.89. The number of halogens is 1. The van der Waals surface area contributed by atoms with Crippen LogP contribution in [0, 0.1) is 0 Å². The third kappa shape index (κ3) is 2.92. The lowest BCUT2D eigenvalue weighted by molar-refractivity contribution is 0.696. The summed E-state index contributed by atoms with van der Waals surface area (Å²) in [6, 6.07) is 7.45. The minimum atomic E-state index is -0.0652. The van der Waals surface area contributed by atoms with Crippen LogP contribution in [0.5, 0.6) is 0 Å². The van der Waals surface area contributed by atoms with Gasteiger partial charge in [0.15, 0.2) is 0 Å². The van der Waals surface area contributed by atoms with E-state index in [1.165, 1.54) is 21.5 Å². The van der Waals surface area contributed by atoms with Crippen LogP contribution in [0.3, 0.4) is 0 Å². The number of thiophene rings is 1. The second-order valence-corrected chi connectivity index (χ2v) is 7.65. The van der Waals surface area contributed by atoms with Gasteiger partial charge in [-0.2, -0.15) is 9.78 Å². The van der Waals surface area contributed by atoms with Gasteiger partial charge >= 0.3 is 0 Å². The third-order valence-corrected chi connectivity index (χ3v) is 6.10. The van der Waals surface area contributed by atoms with E-state index in [1.54, 1.807) is 17.6 Å². The van der Waals surface area contributed by atoms with Crippen molar-refractivity contribution in [1.82, 2.24) is 9.66 Å². The molecule has 0 radical (unpaired) electrons. The van der Waals surface area contributed by atoms with Crippen molar-refractivity contribution in [2.45, 2.75) is 39.0 Å². The summed E-state index contributed by atoms with van der Waals surface area (Å²) >= 11 is 7.86. The molecule has 1 aromatic carbocycles. The summed E-state index contributed by atoms with van der Waals surface area (Å²) in [5.41, 5.74) is 1.91. The summed E-state index contributed by atoms with van der Waals surface area (Å²) < 4.78 is 1.44. The van der Waals surface area contributed by atoms with Crippen LogP contribution in [0.25, 0.3) is 10.2 Å². The lowest BCUT2D eigenvalue weighted by Gasteiger charge is -2.10. The van der Waals surface area contributed by atoms with Crippen molar-refractivity contribution in [2.75, 3.05) is 0 Å². The van der Waals surface area contributed by atoms with E-state index in [2.05, 4.69) is 5.10 Å². The second kappa shape index (κ2) is 6.73. The van der Waals surface area contributed by atoms with E-state index in [0.29, 0.717) is 17.3 Å². The normalized spacial score (nSPS) is 14.3. The lowest BCUT2D eigenvalue weighted by Crippen LogP contribution is -2.22. The number of fused-ring (bicyclic) bond motifs is 3. The summed E-state index contributed by atoms with van der Waals surface area (Å²) in [5.74, 6) is 0.680. The van der Waals surface area contributed by atoms with Gasteiger partial charge in [-0.3, -0.25) is 4.79 Å². The van der Waals surface area contributed by atoms with Crippen molar-refractivity contribution in [3.05, 3.63) is 61.5 Å². The molecule has 6 heteroatoms. The number of aromatic nitrogens is 2. The monoisotopic (exact) mass is 371 g/mol. The largest absolute Gasteiger partial charge is 0.283 e. The van der Waals surface area contributed by atoms with E-state index in [9.17, 15) is 4.79 Å². The molecular formula is C19H18ClN3OS. The Morgan fingerprint density at radius 1 is 1.32 bits per heavy atom. The Morgan fingerprint density at radius 3 is 2.92 bits per heavy atom. The zero-order chi connectivity index (χ0) is 17.4. The standard InChI is InChI=1S/C19H18ClN3OS/c1-2-16-22-18-17(13-8-4-6-10-15(13)25-18)19(24)23(16)21-11-12-7-3-5-9-14(12)20/h3,5,7,9,11H,2,4,6,8,10H2,1H3/b21-11+. The molecule has 0 aliphatic heterocycles. The Bertz CT molecular complexity index is 1040. The maximum Gasteiger partial charge on any atom is 0.283 e. The minimum absolute atomic E-state index is 0.0652. The quantitative estimate of drug-likeness (QED) is 0.639. The highest BCUT2D eigenvalue weighted by Gasteiger charge is 2.21. The maximum atomic E-state index is 13.1. The van der Waals surface area contributed by atoms with Crippen LogP contribution in [0.4, 0.5) is 0 Å². The van der Waals surface area contributed by atoms with Crippen molar-refractivity contribution < 1.29 is 0 Å². The topological polar surface area (TPSA) is 47.2 Å². The van der Waals surface area contributed by atoms with Gasteiger partial charge < -0.3 is 0 Å². The van der Waals surface area contributed by atoms with Gasteiger partial charge in [-0.1, -0.05) is 36.7 Å². The van der Waals surface area contributed by atoms with Crippen molar-refractivity contribution in [1.29, 1.82) is 0 Å². The molecule has 0 amide bonds. The fourth-order valence-corrected chi connectivity index (χ4v) is 4.74. The number of benzene rings is 1. The van der Waals surface area contributed by atoms with E-state index in [4.69, 9.17) is 16.6 Å². The van der Waals surface area contributed by atoms with Crippen LogP contribution in [0.15, 0.2) is 34.2 Å². The maximum absolute atomic E-state index is 13.1. The summed E-state index contributed by atoms with van der Waals surface area (Å²) in [5, 5.41) is 5.79. The Hall–Kier alpha value is -1.98. The predicted molar refractivity (Wildman–Crippen MR) is 104 cm³/mol. The van der Waals surface area contributed by atoms with Crippen LogP contribution in [-0.2, 0) is 19.3 Å². The molecule has 4 nitrogen and oxygen atoms in total. The number of hydrogen-bond acceptors (Lipinski definition) is 4. The van der Waals surface area contributed by atoms with Gasteiger partial charge in [0, 0.05) is 21.9 Å². The average molecular weight is 372 g/mol. The molecule has 0 unspecified atom stereocenters. The summed E-state index contributed by atoms with van der Waals surface area (Å²) in [4.78, 5) is 20.0. The molecule has 128 valence electrons. The lowest BCUT2D eigenvalue weighted by atomic mass is 9.97. The molecule has 0 spiro atoms. The molecule has 3 aromatic rings. The van der Waals surface area contributed by atoms with Gasteiger partial charge in [0.1, 0.15) is 10.7 Å². The second-order valence-electron chi connectivity index (χ2n) is 6.16. The van der Waals surface area contributed by atoms with Crippen LogP contribution in [0.2, 0.25) is 5.02 Å². The highest BCUT2D eigenvalue weighted by atomic mass is 35.5. The van der Waals surface area contributed by atoms with E-state index in [0.717, 1.165) is 35.0 Å². The van der Waals surface area contributed by atoms with E-state index in [-0.39, 0.29) is 5.56 Å². The molecule has 1 aliphatic carbocycles. The SMILES string of the molecule is CCc1nc2sc3c(c2c(=O)n1/N=C/c1ccccc1Cl)CCCC3. The van der Waals surface area contributed by atoms with Crippen molar-refractivity contribution in [3.63, 3.8) is 0 Å². The molecule has 0 bridgehead atoms. The molecule has 4 rings (SSSR count). The summed E-state index contributed by atoms with van der Waals surface area (Å²) in [7, 11) is 0. The molecule has 2 aromatic heterocycles. The first-order valence-corrected chi connectivity index (χ1v) is 9.73. The van der Waals surface area contributed by atoms with Gasteiger partial charge in [0.05, 0.1) is 11.6 Å². The zero-order valence-electron chi connectivity index (χ0n) is 14.0. The molecular weight excluding hydrogens is 354 g/mol. The highest BCUT2D eigenvalue weighted by Crippen LogP contribution is 2.33. The first-order chi connectivity index (χ1) is 12.2. The summed E-state index contributed by atoms with van der Waals surface area (Å²) in [6.07, 6.45) is 6.63. The summed E-state index contributed by atoms with van der Waals surface area (Å²) in [6.45, 7) is 1.99. The molecule has 25 heavy (non-hydrogen) atoms. The Morgan fingerprint density at radius 2 is 2.12 bits per heavy atom. The smallest absolute Gasteiger partial charge is 0.267 e. The minimum Gasteiger partial charge on any atom is -0.267 e. The third-order valence-electron chi connectivity index (χ3n) is 4.57. The molecule has 0 N–H and O–H groups in total.